The lowest BCUT2D eigenvalue weighted by molar-refractivity contribution is -0.131. The molecule has 1 aliphatic rings. The fraction of sp³-hybridized carbons (Fsp3) is 0.889. The first-order chi connectivity index (χ1) is 5.74. The maximum Gasteiger partial charge on any atom is 0.223 e. The lowest BCUT2D eigenvalue weighted by atomic mass is 9.99. The van der Waals surface area contributed by atoms with Crippen LogP contribution in [0.4, 0.5) is 0 Å². The predicted octanol–water partition coefficient (Wildman–Crippen LogP) is 2.07. The molecule has 0 atom stereocenters. The SMILES string of the molecule is CC1CCN(C(=O)CCI)CC1. The summed E-state index contributed by atoms with van der Waals surface area (Å²) in [7, 11) is 0. The average Bonchev–Trinajstić information content (AvgIpc) is 2.06. The number of piperidine rings is 1. The highest BCUT2D eigenvalue weighted by Crippen LogP contribution is 2.16. The van der Waals surface area contributed by atoms with Gasteiger partial charge in [-0.2, -0.15) is 0 Å². The van der Waals surface area contributed by atoms with Gasteiger partial charge in [0.1, 0.15) is 0 Å². The minimum absolute atomic E-state index is 0.344. The van der Waals surface area contributed by atoms with Gasteiger partial charge in [0.05, 0.1) is 0 Å². The van der Waals surface area contributed by atoms with Crippen molar-refractivity contribution in [2.75, 3.05) is 17.5 Å². The van der Waals surface area contributed by atoms with Crippen LogP contribution >= 0.6 is 22.6 Å². The largest absolute Gasteiger partial charge is 0.343 e. The van der Waals surface area contributed by atoms with Crippen molar-refractivity contribution < 1.29 is 4.79 Å². The Kier molecular flexibility index (Phi) is 4.32. The highest BCUT2D eigenvalue weighted by molar-refractivity contribution is 14.1. The third-order valence-corrected chi connectivity index (χ3v) is 2.98. The zero-order chi connectivity index (χ0) is 8.97. The van der Waals surface area contributed by atoms with Gasteiger partial charge in [0.25, 0.3) is 0 Å². The number of carbonyl (C=O) groups excluding carboxylic acids is 1. The van der Waals surface area contributed by atoms with Crippen LogP contribution in [0.1, 0.15) is 26.2 Å². The number of hydrogen-bond acceptors (Lipinski definition) is 1. The van der Waals surface area contributed by atoms with Gasteiger partial charge in [-0.15, -0.1) is 0 Å². The third kappa shape index (κ3) is 2.92. The summed E-state index contributed by atoms with van der Waals surface area (Å²) < 4.78 is 0.947. The zero-order valence-corrected chi connectivity index (χ0v) is 9.71. The number of alkyl halides is 1. The zero-order valence-electron chi connectivity index (χ0n) is 7.55. The smallest absolute Gasteiger partial charge is 0.223 e. The van der Waals surface area contributed by atoms with Crippen LogP contribution < -0.4 is 0 Å². The Bertz CT molecular complexity index is 153. The molecule has 1 saturated heterocycles. The molecule has 0 aromatic heterocycles. The molecule has 0 radical (unpaired) electrons. The molecule has 70 valence electrons. The second-order valence-electron chi connectivity index (χ2n) is 3.50. The van der Waals surface area contributed by atoms with Crippen molar-refractivity contribution in [3.8, 4) is 0 Å². The molecule has 0 N–H and O–H groups in total. The van der Waals surface area contributed by atoms with Gasteiger partial charge >= 0.3 is 0 Å². The molecule has 1 heterocycles. The van der Waals surface area contributed by atoms with E-state index in [9.17, 15) is 4.79 Å². The van der Waals surface area contributed by atoms with E-state index in [0.29, 0.717) is 5.91 Å². The monoisotopic (exact) mass is 281 g/mol. The summed E-state index contributed by atoms with van der Waals surface area (Å²) in [5.74, 6) is 1.16. The van der Waals surface area contributed by atoms with Crippen LogP contribution in [0.2, 0.25) is 0 Å². The summed E-state index contributed by atoms with van der Waals surface area (Å²) in [6, 6.07) is 0. The Morgan fingerprint density at radius 1 is 1.50 bits per heavy atom. The Balaban J connectivity index is 2.29. The van der Waals surface area contributed by atoms with Crippen molar-refractivity contribution in [1.29, 1.82) is 0 Å². The first-order valence-corrected chi connectivity index (χ1v) is 6.10. The van der Waals surface area contributed by atoms with Gasteiger partial charge in [-0.1, -0.05) is 29.5 Å². The van der Waals surface area contributed by atoms with E-state index in [4.69, 9.17) is 0 Å². The highest BCUT2D eigenvalue weighted by atomic mass is 127. The fourth-order valence-corrected chi connectivity index (χ4v) is 1.96. The second kappa shape index (κ2) is 5.04. The van der Waals surface area contributed by atoms with Crippen LogP contribution in [-0.2, 0) is 4.79 Å². The molecule has 1 rings (SSSR count). The fourth-order valence-electron chi connectivity index (χ4n) is 1.50. The average molecular weight is 281 g/mol. The van der Waals surface area contributed by atoms with Crippen LogP contribution in [0.25, 0.3) is 0 Å². The van der Waals surface area contributed by atoms with Gasteiger partial charge < -0.3 is 4.90 Å². The summed E-state index contributed by atoms with van der Waals surface area (Å²) in [6.07, 6.45) is 3.09. The molecule has 0 spiro atoms. The quantitative estimate of drug-likeness (QED) is 0.560. The molecular formula is C9H16INO. The van der Waals surface area contributed by atoms with Crippen LogP contribution in [0.5, 0.6) is 0 Å². The van der Waals surface area contributed by atoms with Gasteiger partial charge in [0.15, 0.2) is 0 Å². The molecule has 2 nitrogen and oxygen atoms in total. The van der Waals surface area contributed by atoms with Crippen LogP contribution in [0.15, 0.2) is 0 Å². The number of amides is 1. The van der Waals surface area contributed by atoms with Gasteiger partial charge in [-0.3, -0.25) is 4.79 Å². The van der Waals surface area contributed by atoms with Crippen molar-refractivity contribution in [2.24, 2.45) is 5.92 Å². The van der Waals surface area contributed by atoms with Gasteiger partial charge in [-0.05, 0) is 18.8 Å². The number of likely N-dealkylation sites (tertiary alicyclic amines) is 1. The molecule has 0 aromatic rings. The Morgan fingerprint density at radius 2 is 2.08 bits per heavy atom. The van der Waals surface area contributed by atoms with Crippen LogP contribution in [-0.4, -0.2) is 28.3 Å². The van der Waals surface area contributed by atoms with Gasteiger partial charge in [0.2, 0.25) is 5.91 Å². The van der Waals surface area contributed by atoms with Crippen molar-refractivity contribution in [2.45, 2.75) is 26.2 Å². The molecule has 0 unspecified atom stereocenters. The van der Waals surface area contributed by atoms with E-state index < -0.39 is 0 Å². The lowest BCUT2D eigenvalue weighted by Gasteiger charge is -2.30. The van der Waals surface area contributed by atoms with E-state index >= 15 is 0 Å². The first kappa shape index (κ1) is 10.3. The summed E-state index contributed by atoms with van der Waals surface area (Å²) >= 11 is 2.26. The molecule has 12 heavy (non-hydrogen) atoms. The number of nitrogens with zero attached hydrogens (tertiary/aromatic N) is 1. The Hall–Kier alpha value is 0.200. The molecule has 0 saturated carbocycles. The van der Waals surface area contributed by atoms with Crippen molar-refractivity contribution in [1.82, 2.24) is 4.90 Å². The van der Waals surface area contributed by atoms with E-state index in [1.54, 1.807) is 0 Å². The first-order valence-electron chi connectivity index (χ1n) is 4.57. The van der Waals surface area contributed by atoms with E-state index in [0.717, 1.165) is 29.9 Å². The van der Waals surface area contributed by atoms with Gasteiger partial charge in [-0.25, -0.2) is 0 Å². The van der Waals surface area contributed by atoms with Gasteiger partial charge in [0, 0.05) is 23.9 Å². The number of rotatable bonds is 2. The summed E-state index contributed by atoms with van der Waals surface area (Å²) in [4.78, 5) is 13.4. The van der Waals surface area contributed by atoms with E-state index in [1.165, 1.54) is 12.8 Å². The van der Waals surface area contributed by atoms with E-state index in [2.05, 4.69) is 29.5 Å². The molecular weight excluding hydrogens is 265 g/mol. The molecule has 3 heteroatoms. The third-order valence-electron chi connectivity index (χ3n) is 2.44. The molecule has 1 amide bonds. The Morgan fingerprint density at radius 3 is 2.58 bits per heavy atom. The normalized spacial score (nSPS) is 19.7. The number of halogens is 1. The molecule has 0 aliphatic carbocycles. The minimum atomic E-state index is 0.344. The maximum absolute atomic E-state index is 11.4. The van der Waals surface area contributed by atoms with Crippen molar-refractivity contribution >= 4 is 28.5 Å². The molecule has 1 fully saturated rings. The number of hydrogen-bond donors (Lipinski definition) is 0. The van der Waals surface area contributed by atoms with E-state index in [-0.39, 0.29) is 0 Å². The molecule has 0 bridgehead atoms. The summed E-state index contributed by atoms with van der Waals surface area (Å²) in [5, 5.41) is 0. The Labute approximate surface area is 87.8 Å². The summed E-state index contributed by atoms with van der Waals surface area (Å²) in [5.41, 5.74) is 0. The minimum Gasteiger partial charge on any atom is -0.343 e. The predicted molar refractivity (Wildman–Crippen MR) is 58.5 cm³/mol. The summed E-state index contributed by atoms with van der Waals surface area (Å²) in [6.45, 7) is 4.23. The molecule has 1 aliphatic heterocycles. The van der Waals surface area contributed by atoms with Crippen molar-refractivity contribution in [3.63, 3.8) is 0 Å². The standard InChI is InChI=1S/C9H16INO/c1-8-3-6-11(7-4-8)9(12)2-5-10/h8H,2-7H2,1H3. The van der Waals surface area contributed by atoms with Crippen LogP contribution in [0.3, 0.4) is 0 Å². The van der Waals surface area contributed by atoms with E-state index in [1.807, 2.05) is 4.90 Å². The lowest BCUT2D eigenvalue weighted by Crippen LogP contribution is -2.37. The second-order valence-corrected chi connectivity index (χ2v) is 4.58. The number of carbonyl (C=O) groups is 1. The highest BCUT2D eigenvalue weighted by Gasteiger charge is 2.18. The maximum atomic E-state index is 11.4. The van der Waals surface area contributed by atoms with Crippen molar-refractivity contribution in [3.05, 3.63) is 0 Å². The van der Waals surface area contributed by atoms with Crippen LogP contribution in [0, 0.1) is 5.92 Å². The topological polar surface area (TPSA) is 20.3 Å². The molecule has 0 aromatic carbocycles.